The van der Waals surface area contributed by atoms with E-state index in [-0.39, 0.29) is 24.2 Å². The second-order valence-corrected chi connectivity index (χ2v) is 9.81. The zero-order valence-corrected chi connectivity index (χ0v) is 19.6. The van der Waals surface area contributed by atoms with Gasteiger partial charge in [0.25, 0.3) is 0 Å². The minimum absolute atomic E-state index is 0.109. The summed E-state index contributed by atoms with van der Waals surface area (Å²) in [5.74, 6) is -1.37. The van der Waals surface area contributed by atoms with Crippen molar-refractivity contribution in [2.75, 3.05) is 23.7 Å². The molecule has 1 unspecified atom stereocenters. The Kier molecular flexibility index (Phi) is 8.77. The van der Waals surface area contributed by atoms with Crippen LogP contribution in [0.3, 0.4) is 0 Å². The molecule has 0 aliphatic heterocycles. The lowest BCUT2D eigenvalue weighted by Crippen LogP contribution is -2.53. The number of anilines is 1. The first kappa shape index (κ1) is 25.3. The second-order valence-electron chi connectivity index (χ2n) is 7.91. The van der Waals surface area contributed by atoms with Gasteiger partial charge in [0.2, 0.25) is 21.8 Å². The van der Waals surface area contributed by atoms with Gasteiger partial charge in [-0.15, -0.1) is 0 Å². The number of carbonyl (C=O) groups excluding carboxylic acids is 2. The molecule has 0 heterocycles. The maximum Gasteiger partial charge on any atom is 0.244 e. The Morgan fingerprint density at radius 3 is 2.12 bits per heavy atom. The SMILES string of the molecule is CC(C)NC(=O)C(C)N(CCc1ccccc1)C(=O)CN(c1ccc(F)cc1)S(C)(=O)=O. The summed E-state index contributed by atoms with van der Waals surface area (Å²) in [6, 6.07) is 13.4. The van der Waals surface area contributed by atoms with Gasteiger partial charge < -0.3 is 10.2 Å². The van der Waals surface area contributed by atoms with Crippen LogP contribution in [0.1, 0.15) is 26.3 Å². The molecule has 9 heteroatoms. The van der Waals surface area contributed by atoms with Crippen molar-refractivity contribution in [1.82, 2.24) is 10.2 Å². The van der Waals surface area contributed by atoms with E-state index in [1.807, 2.05) is 44.2 Å². The predicted molar refractivity (Wildman–Crippen MR) is 123 cm³/mol. The van der Waals surface area contributed by atoms with E-state index in [2.05, 4.69) is 5.32 Å². The van der Waals surface area contributed by atoms with Crippen molar-refractivity contribution in [2.24, 2.45) is 0 Å². The maximum atomic E-state index is 13.3. The Hall–Kier alpha value is -2.94. The monoisotopic (exact) mass is 463 g/mol. The van der Waals surface area contributed by atoms with Crippen LogP contribution in [-0.4, -0.2) is 56.6 Å². The van der Waals surface area contributed by atoms with Gasteiger partial charge in [-0.2, -0.15) is 0 Å². The largest absolute Gasteiger partial charge is 0.352 e. The summed E-state index contributed by atoms with van der Waals surface area (Å²) in [7, 11) is -3.83. The zero-order valence-electron chi connectivity index (χ0n) is 18.8. The van der Waals surface area contributed by atoms with Gasteiger partial charge >= 0.3 is 0 Å². The number of carbonyl (C=O) groups is 2. The van der Waals surface area contributed by atoms with Crippen LogP contribution in [0.2, 0.25) is 0 Å². The molecular formula is C23H30FN3O4S. The molecule has 0 bridgehead atoms. The van der Waals surface area contributed by atoms with Crippen LogP contribution in [0.25, 0.3) is 0 Å². The number of sulfonamides is 1. The molecule has 0 saturated carbocycles. The molecule has 0 aliphatic rings. The van der Waals surface area contributed by atoms with Crippen LogP contribution in [0.4, 0.5) is 10.1 Å². The first-order valence-electron chi connectivity index (χ1n) is 10.4. The predicted octanol–water partition coefficient (Wildman–Crippen LogP) is 2.58. The number of halogens is 1. The molecule has 7 nitrogen and oxygen atoms in total. The van der Waals surface area contributed by atoms with Crippen LogP contribution in [0.5, 0.6) is 0 Å². The van der Waals surface area contributed by atoms with E-state index in [1.165, 1.54) is 17.0 Å². The van der Waals surface area contributed by atoms with Gasteiger partial charge in [0.05, 0.1) is 11.9 Å². The molecule has 0 spiro atoms. The molecular weight excluding hydrogens is 433 g/mol. The number of nitrogens with one attached hydrogen (secondary N) is 1. The van der Waals surface area contributed by atoms with Gasteiger partial charge in [-0.05, 0) is 57.0 Å². The summed E-state index contributed by atoms with van der Waals surface area (Å²) in [5, 5.41) is 2.79. The lowest BCUT2D eigenvalue weighted by Gasteiger charge is -2.31. The molecule has 1 N–H and O–H groups in total. The highest BCUT2D eigenvalue weighted by Crippen LogP contribution is 2.19. The van der Waals surface area contributed by atoms with Gasteiger partial charge in [0.15, 0.2) is 0 Å². The molecule has 1 atom stereocenters. The van der Waals surface area contributed by atoms with Crippen molar-refractivity contribution in [3.05, 3.63) is 66.0 Å². The third-order valence-electron chi connectivity index (χ3n) is 4.88. The minimum atomic E-state index is -3.83. The maximum absolute atomic E-state index is 13.3. The lowest BCUT2D eigenvalue weighted by atomic mass is 10.1. The quantitative estimate of drug-likeness (QED) is 0.587. The van der Waals surface area contributed by atoms with E-state index < -0.39 is 34.3 Å². The first-order valence-corrected chi connectivity index (χ1v) is 12.2. The van der Waals surface area contributed by atoms with Crippen LogP contribution in [0.15, 0.2) is 54.6 Å². The summed E-state index contributed by atoms with van der Waals surface area (Å²) in [6.45, 7) is 4.99. The Labute approximate surface area is 189 Å². The van der Waals surface area contributed by atoms with Crippen LogP contribution in [-0.2, 0) is 26.0 Å². The van der Waals surface area contributed by atoms with Gasteiger partial charge in [-0.25, -0.2) is 12.8 Å². The molecule has 2 rings (SSSR count). The summed E-state index contributed by atoms with van der Waals surface area (Å²) < 4.78 is 39.0. The molecule has 0 aliphatic carbocycles. The fraction of sp³-hybridized carbons (Fsp3) is 0.391. The van der Waals surface area contributed by atoms with Gasteiger partial charge in [-0.1, -0.05) is 30.3 Å². The Morgan fingerprint density at radius 2 is 1.59 bits per heavy atom. The Balaban J connectivity index is 2.29. The lowest BCUT2D eigenvalue weighted by molar-refractivity contribution is -0.139. The summed E-state index contributed by atoms with van der Waals surface area (Å²) in [4.78, 5) is 27.3. The number of rotatable bonds is 10. The molecule has 0 fully saturated rings. The van der Waals surface area contributed by atoms with E-state index in [0.717, 1.165) is 28.3 Å². The molecule has 32 heavy (non-hydrogen) atoms. The van der Waals surface area contributed by atoms with Crippen LogP contribution < -0.4 is 9.62 Å². The van der Waals surface area contributed by atoms with Crippen molar-refractivity contribution in [1.29, 1.82) is 0 Å². The van der Waals surface area contributed by atoms with E-state index in [4.69, 9.17) is 0 Å². The van der Waals surface area contributed by atoms with Crippen molar-refractivity contribution in [3.8, 4) is 0 Å². The molecule has 0 saturated heterocycles. The zero-order chi connectivity index (χ0) is 23.9. The topological polar surface area (TPSA) is 86.8 Å². The summed E-state index contributed by atoms with van der Waals surface area (Å²) >= 11 is 0. The third-order valence-corrected chi connectivity index (χ3v) is 6.02. The van der Waals surface area contributed by atoms with Crippen molar-refractivity contribution in [2.45, 2.75) is 39.3 Å². The first-order chi connectivity index (χ1) is 15.0. The number of nitrogens with zero attached hydrogens (tertiary/aromatic N) is 2. The minimum Gasteiger partial charge on any atom is -0.352 e. The number of benzene rings is 2. The highest BCUT2D eigenvalue weighted by molar-refractivity contribution is 7.92. The molecule has 0 radical (unpaired) electrons. The van der Waals surface area contributed by atoms with E-state index in [1.54, 1.807) is 6.92 Å². The molecule has 2 aromatic rings. The highest BCUT2D eigenvalue weighted by Gasteiger charge is 2.29. The summed E-state index contributed by atoms with van der Waals surface area (Å²) in [6.07, 6.45) is 1.48. The van der Waals surface area contributed by atoms with E-state index in [0.29, 0.717) is 6.42 Å². The molecule has 2 amide bonds. The second kappa shape index (κ2) is 11.1. The van der Waals surface area contributed by atoms with Crippen molar-refractivity contribution in [3.63, 3.8) is 0 Å². The van der Waals surface area contributed by atoms with E-state index >= 15 is 0 Å². The standard InChI is InChI=1S/C23H30FN3O4S/c1-17(2)25-23(29)18(3)26(15-14-19-8-6-5-7-9-19)22(28)16-27(32(4,30)31)21-12-10-20(24)11-13-21/h5-13,17-18H,14-16H2,1-4H3,(H,25,29). The fourth-order valence-electron chi connectivity index (χ4n) is 3.20. The smallest absolute Gasteiger partial charge is 0.244 e. The van der Waals surface area contributed by atoms with Gasteiger partial charge in [-0.3, -0.25) is 13.9 Å². The Morgan fingerprint density at radius 1 is 1.00 bits per heavy atom. The van der Waals surface area contributed by atoms with Crippen LogP contribution in [0, 0.1) is 5.82 Å². The van der Waals surface area contributed by atoms with Crippen molar-refractivity contribution < 1.29 is 22.4 Å². The summed E-state index contributed by atoms with van der Waals surface area (Å²) in [5.41, 5.74) is 1.16. The molecule has 2 aromatic carbocycles. The normalized spacial score (nSPS) is 12.3. The average Bonchev–Trinajstić information content (AvgIpc) is 2.72. The third kappa shape index (κ3) is 7.33. The van der Waals surface area contributed by atoms with Crippen LogP contribution >= 0.6 is 0 Å². The number of hydrogen-bond acceptors (Lipinski definition) is 4. The number of amides is 2. The molecule has 174 valence electrons. The van der Waals surface area contributed by atoms with E-state index in [9.17, 15) is 22.4 Å². The van der Waals surface area contributed by atoms with Crippen molar-refractivity contribution >= 4 is 27.5 Å². The van der Waals surface area contributed by atoms with Gasteiger partial charge in [0.1, 0.15) is 18.4 Å². The Bertz CT molecular complexity index is 1010. The fourth-order valence-corrected chi connectivity index (χ4v) is 4.05. The highest BCUT2D eigenvalue weighted by atomic mass is 32.2. The molecule has 0 aromatic heterocycles. The average molecular weight is 464 g/mol. The number of hydrogen-bond donors (Lipinski definition) is 1. The van der Waals surface area contributed by atoms with Gasteiger partial charge in [0, 0.05) is 12.6 Å².